The Labute approximate surface area is 176 Å². The summed E-state index contributed by atoms with van der Waals surface area (Å²) in [7, 11) is 2.27. The topological polar surface area (TPSA) is 27.7 Å². The van der Waals surface area contributed by atoms with E-state index in [0.717, 1.165) is 6.07 Å². The maximum atomic E-state index is 14.8. The first-order valence-electron chi connectivity index (χ1n) is 9.27. The van der Waals surface area contributed by atoms with Gasteiger partial charge in [0.05, 0.1) is 13.2 Å². The van der Waals surface area contributed by atoms with Gasteiger partial charge in [-0.1, -0.05) is 6.07 Å². The number of benzene rings is 2. The van der Waals surface area contributed by atoms with Crippen LogP contribution in [0, 0.1) is 32.4 Å². The average Bonchev–Trinajstić information content (AvgIpc) is 2.71. The molecule has 0 radical (unpaired) electrons. The van der Waals surface area contributed by atoms with Crippen LogP contribution in [0.15, 0.2) is 31.4 Å². The van der Waals surface area contributed by atoms with Crippen LogP contribution < -0.4 is 10.0 Å². The Hall–Kier alpha value is -1.95. The van der Waals surface area contributed by atoms with Crippen molar-refractivity contribution in [3.05, 3.63) is 70.8 Å². The summed E-state index contributed by atoms with van der Waals surface area (Å²) in [6.07, 6.45) is -4.07. The molecule has 1 saturated heterocycles. The van der Waals surface area contributed by atoms with E-state index in [1.54, 1.807) is 0 Å². The number of alkyl halides is 2. The highest BCUT2D eigenvalue weighted by molar-refractivity contribution is 7.27. The summed E-state index contributed by atoms with van der Waals surface area (Å²) in [4.78, 5) is 0. The molecule has 30 heavy (non-hydrogen) atoms. The lowest BCUT2D eigenvalue weighted by atomic mass is 10.0. The molecular formula is C22H25F4O3P. The van der Waals surface area contributed by atoms with Gasteiger partial charge in [0.25, 0.3) is 0 Å². The van der Waals surface area contributed by atoms with Gasteiger partial charge in [-0.25, -0.2) is 8.78 Å². The number of hydrogen-bond donors (Lipinski definition) is 0. The van der Waals surface area contributed by atoms with Crippen molar-refractivity contribution < 1.29 is 31.8 Å². The molecule has 164 valence electrons. The number of hydrogen-bond acceptors (Lipinski definition) is 3. The second kappa shape index (κ2) is 9.90. The van der Waals surface area contributed by atoms with Crippen molar-refractivity contribution in [1.82, 2.24) is 0 Å². The van der Waals surface area contributed by atoms with E-state index in [0.29, 0.717) is 36.1 Å². The predicted molar refractivity (Wildman–Crippen MR) is 111 cm³/mol. The molecule has 0 N–H and O–H groups in total. The van der Waals surface area contributed by atoms with E-state index in [2.05, 4.69) is 22.4 Å². The molecule has 3 rings (SSSR count). The third-order valence-electron chi connectivity index (χ3n) is 4.69. The van der Waals surface area contributed by atoms with Crippen LogP contribution in [-0.2, 0) is 15.6 Å². The van der Waals surface area contributed by atoms with Gasteiger partial charge in [-0.2, -0.15) is 8.78 Å². The van der Waals surface area contributed by atoms with Crippen LogP contribution in [0.3, 0.4) is 0 Å². The molecule has 1 heterocycles. The van der Waals surface area contributed by atoms with Crippen LogP contribution in [0.1, 0.15) is 40.5 Å². The van der Waals surface area contributed by atoms with Crippen molar-refractivity contribution in [2.75, 3.05) is 13.2 Å². The van der Waals surface area contributed by atoms with Crippen molar-refractivity contribution in [2.45, 2.75) is 39.6 Å². The Morgan fingerprint density at radius 1 is 1.03 bits per heavy atom. The lowest BCUT2D eigenvalue weighted by Crippen LogP contribution is -2.26. The van der Waals surface area contributed by atoms with Crippen LogP contribution in [-0.4, -0.2) is 13.2 Å². The molecule has 1 aliphatic rings. The molecule has 1 unspecified atom stereocenters. The second-order valence-electron chi connectivity index (χ2n) is 6.77. The van der Waals surface area contributed by atoms with Gasteiger partial charge in [0.15, 0.2) is 6.29 Å². The molecule has 8 heteroatoms. The molecule has 1 aliphatic heterocycles. The summed E-state index contributed by atoms with van der Waals surface area (Å²) in [6.45, 7) is 11.1. The Morgan fingerprint density at radius 2 is 1.63 bits per heavy atom. The van der Waals surface area contributed by atoms with Crippen molar-refractivity contribution in [3.8, 4) is 5.75 Å². The van der Waals surface area contributed by atoms with Gasteiger partial charge < -0.3 is 14.2 Å². The van der Waals surface area contributed by atoms with E-state index < -0.39 is 29.6 Å². The van der Waals surface area contributed by atoms with Gasteiger partial charge in [-0.3, -0.25) is 0 Å². The number of halogens is 4. The van der Waals surface area contributed by atoms with Crippen molar-refractivity contribution in [3.63, 3.8) is 0 Å². The first kappa shape index (κ1) is 24.3. The molecule has 0 amide bonds. The molecule has 2 aromatic rings. The zero-order valence-electron chi connectivity index (χ0n) is 17.2. The number of aryl methyl sites for hydroxylation is 1. The van der Waals surface area contributed by atoms with Gasteiger partial charge in [0.1, 0.15) is 22.9 Å². The van der Waals surface area contributed by atoms with Crippen molar-refractivity contribution >= 4 is 14.5 Å². The monoisotopic (exact) mass is 444 g/mol. The highest BCUT2D eigenvalue weighted by Gasteiger charge is 2.40. The summed E-state index contributed by atoms with van der Waals surface area (Å²) in [5.41, 5.74) is -0.356. The fourth-order valence-electron chi connectivity index (χ4n) is 3.12. The first-order valence-corrected chi connectivity index (χ1v) is 9.85. The molecule has 1 fully saturated rings. The van der Waals surface area contributed by atoms with E-state index in [1.165, 1.54) is 32.9 Å². The molecule has 1 atom stereocenters. The summed E-state index contributed by atoms with van der Waals surface area (Å²) < 4.78 is 74.1. The fourth-order valence-corrected chi connectivity index (χ4v) is 3.40. The maximum absolute atomic E-state index is 14.8. The molecule has 0 saturated carbocycles. The quantitative estimate of drug-likeness (QED) is 0.341. The molecule has 0 bridgehead atoms. The number of rotatable bonds is 4. The predicted octanol–water partition coefficient (Wildman–Crippen LogP) is 5.76. The molecular weight excluding hydrogens is 419 g/mol. The Morgan fingerprint density at radius 3 is 2.20 bits per heavy atom. The Kier molecular flexibility index (Phi) is 8.03. The minimum absolute atomic E-state index is 0.0193. The molecule has 2 aromatic carbocycles. The van der Waals surface area contributed by atoms with E-state index in [4.69, 9.17) is 14.2 Å². The van der Waals surface area contributed by atoms with Crippen LogP contribution in [0.2, 0.25) is 0 Å². The van der Waals surface area contributed by atoms with E-state index in [1.807, 2.05) is 0 Å². The minimum Gasteiger partial charge on any atom is -0.428 e. The molecule has 0 spiro atoms. The SMILES string of the molecule is C=C.Cc1cc(C2OCCCO2)cc(F)c1C(F)(F)Oc1cc(P)c(C)c(F)c1C. The molecule has 0 aliphatic carbocycles. The summed E-state index contributed by atoms with van der Waals surface area (Å²) in [5, 5.41) is 0.382. The highest BCUT2D eigenvalue weighted by Crippen LogP contribution is 2.38. The third kappa shape index (κ3) is 5.02. The average molecular weight is 444 g/mol. The van der Waals surface area contributed by atoms with Gasteiger partial charge in [0.2, 0.25) is 0 Å². The minimum atomic E-state index is -4.00. The fraction of sp³-hybridized carbons (Fsp3) is 0.364. The van der Waals surface area contributed by atoms with Crippen molar-refractivity contribution in [1.29, 1.82) is 0 Å². The summed E-state index contributed by atoms with van der Waals surface area (Å²) in [5.74, 6) is -2.13. The lowest BCUT2D eigenvalue weighted by Gasteiger charge is -2.26. The normalized spacial score (nSPS) is 14.8. The van der Waals surface area contributed by atoms with Crippen LogP contribution in [0.25, 0.3) is 0 Å². The Balaban J connectivity index is 0.00000155. The Bertz CT molecular complexity index is 889. The zero-order chi connectivity index (χ0) is 22.6. The highest BCUT2D eigenvalue weighted by atomic mass is 31.0. The van der Waals surface area contributed by atoms with Crippen LogP contribution >= 0.6 is 9.24 Å². The first-order chi connectivity index (χ1) is 14.1. The van der Waals surface area contributed by atoms with Crippen LogP contribution in [0.5, 0.6) is 5.75 Å². The third-order valence-corrected chi connectivity index (χ3v) is 5.29. The van der Waals surface area contributed by atoms with Gasteiger partial charge in [0, 0.05) is 11.1 Å². The van der Waals surface area contributed by atoms with E-state index >= 15 is 0 Å². The molecule has 0 aromatic heterocycles. The van der Waals surface area contributed by atoms with Crippen molar-refractivity contribution in [2.24, 2.45) is 0 Å². The lowest BCUT2D eigenvalue weighted by molar-refractivity contribution is -0.189. The van der Waals surface area contributed by atoms with E-state index in [9.17, 15) is 17.6 Å². The smallest absolute Gasteiger partial charge is 0.428 e. The second-order valence-corrected chi connectivity index (χ2v) is 7.39. The maximum Gasteiger partial charge on any atom is 0.429 e. The zero-order valence-corrected chi connectivity index (χ0v) is 18.3. The number of ether oxygens (including phenoxy) is 3. The summed E-state index contributed by atoms with van der Waals surface area (Å²) in [6, 6.07) is 3.63. The van der Waals surface area contributed by atoms with Crippen LogP contribution in [0.4, 0.5) is 17.6 Å². The summed E-state index contributed by atoms with van der Waals surface area (Å²) >= 11 is 0. The standard InChI is InChI=1S/C20H21F4O3P.C2H4/c1-10-7-13(19-25-5-4-6-26-19)8-14(21)17(10)20(23,24)27-15-9-16(28)12(3)18(22)11(15)2;1-2/h7-9,19H,4-6,28H2,1-3H3;1-2H2. The largest absolute Gasteiger partial charge is 0.429 e. The van der Waals surface area contributed by atoms with Gasteiger partial charge in [-0.05, 0) is 55.8 Å². The van der Waals surface area contributed by atoms with Gasteiger partial charge >= 0.3 is 6.11 Å². The van der Waals surface area contributed by atoms with E-state index in [-0.39, 0.29) is 16.9 Å². The molecule has 3 nitrogen and oxygen atoms in total. The van der Waals surface area contributed by atoms with Gasteiger partial charge in [-0.15, -0.1) is 22.4 Å².